The average Bonchev–Trinajstić information content (AvgIpc) is 2.73. The van der Waals surface area contributed by atoms with Crippen molar-refractivity contribution in [2.24, 2.45) is 5.92 Å². The number of rotatable bonds is 8. The maximum atomic E-state index is 12.8. The number of benzene rings is 1. The first-order valence-electron chi connectivity index (χ1n) is 10.1. The largest absolute Gasteiger partial charge is 0.493 e. The highest BCUT2D eigenvalue weighted by Crippen LogP contribution is 2.35. The maximum absolute atomic E-state index is 12.8. The quantitative estimate of drug-likeness (QED) is 0.481. The van der Waals surface area contributed by atoms with E-state index in [9.17, 15) is 9.59 Å². The monoisotopic (exact) mass is 400 g/mol. The lowest BCUT2D eigenvalue weighted by atomic mass is 9.80. The zero-order chi connectivity index (χ0) is 20.8. The minimum atomic E-state index is -0.372. The molecule has 0 aromatic heterocycles. The Hall–Kier alpha value is -2.60. The molecule has 0 N–H and O–H groups in total. The second-order valence-electron chi connectivity index (χ2n) is 7.59. The van der Waals surface area contributed by atoms with Crippen molar-refractivity contribution in [1.29, 1.82) is 0 Å². The van der Waals surface area contributed by atoms with E-state index in [-0.39, 0.29) is 35.6 Å². The standard InChI is InChI=1S/C23H28O6/c1-4-11-26-23(25)16-5-7-17(8-6-16)29-21-14-28-20-12-18(27-13-15(2)3)9-10-19(20)22(21)24/h5-8,14,18-20H,2,4,9-13H2,1,3H3. The van der Waals surface area contributed by atoms with Crippen molar-refractivity contribution in [1.82, 2.24) is 0 Å². The summed E-state index contributed by atoms with van der Waals surface area (Å²) in [6.07, 6.45) is 4.26. The fraction of sp³-hybridized carbons (Fsp3) is 0.478. The Bertz CT molecular complexity index is 779. The van der Waals surface area contributed by atoms with Crippen LogP contribution in [0.3, 0.4) is 0 Å². The van der Waals surface area contributed by atoms with Crippen LogP contribution in [0.2, 0.25) is 0 Å². The van der Waals surface area contributed by atoms with Crippen LogP contribution in [-0.2, 0) is 19.0 Å². The van der Waals surface area contributed by atoms with Crippen molar-refractivity contribution < 1.29 is 28.5 Å². The van der Waals surface area contributed by atoms with Gasteiger partial charge in [0.1, 0.15) is 18.1 Å². The molecule has 0 bridgehead atoms. The Morgan fingerprint density at radius 3 is 2.69 bits per heavy atom. The predicted molar refractivity (Wildman–Crippen MR) is 108 cm³/mol. The molecule has 0 spiro atoms. The van der Waals surface area contributed by atoms with E-state index in [0.717, 1.165) is 18.4 Å². The molecule has 1 aliphatic carbocycles. The third kappa shape index (κ3) is 5.48. The van der Waals surface area contributed by atoms with Crippen molar-refractivity contribution in [3.05, 3.63) is 54.0 Å². The highest BCUT2D eigenvalue weighted by molar-refractivity contribution is 5.96. The van der Waals surface area contributed by atoms with Gasteiger partial charge in [0.25, 0.3) is 0 Å². The second-order valence-corrected chi connectivity index (χ2v) is 7.59. The summed E-state index contributed by atoms with van der Waals surface area (Å²) in [6, 6.07) is 6.53. The molecule has 29 heavy (non-hydrogen) atoms. The van der Waals surface area contributed by atoms with Crippen molar-refractivity contribution in [2.75, 3.05) is 13.2 Å². The van der Waals surface area contributed by atoms with Crippen LogP contribution in [0.1, 0.15) is 49.9 Å². The summed E-state index contributed by atoms with van der Waals surface area (Å²) >= 11 is 0. The summed E-state index contributed by atoms with van der Waals surface area (Å²) in [4.78, 5) is 24.7. The Morgan fingerprint density at radius 2 is 2.00 bits per heavy atom. The van der Waals surface area contributed by atoms with Crippen molar-refractivity contribution >= 4 is 11.8 Å². The molecule has 0 amide bonds. The number of hydrogen-bond donors (Lipinski definition) is 0. The number of Topliss-reactive ketones (excluding diaryl/α,β-unsaturated/α-hetero) is 1. The minimum absolute atomic E-state index is 0.0500. The van der Waals surface area contributed by atoms with Gasteiger partial charge in [-0.05, 0) is 50.5 Å². The smallest absolute Gasteiger partial charge is 0.338 e. The number of esters is 1. The van der Waals surface area contributed by atoms with E-state index in [1.807, 2.05) is 13.8 Å². The van der Waals surface area contributed by atoms with Gasteiger partial charge in [-0.1, -0.05) is 19.1 Å². The predicted octanol–water partition coefficient (Wildman–Crippen LogP) is 4.20. The van der Waals surface area contributed by atoms with E-state index >= 15 is 0 Å². The summed E-state index contributed by atoms with van der Waals surface area (Å²) < 4.78 is 22.5. The van der Waals surface area contributed by atoms with Crippen LogP contribution in [0.4, 0.5) is 0 Å². The van der Waals surface area contributed by atoms with Gasteiger partial charge in [0.05, 0.1) is 30.8 Å². The van der Waals surface area contributed by atoms with Gasteiger partial charge in [-0.3, -0.25) is 4.79 Å². The molecule has 0 radical (unpaired) electrons. The van der Waals surface area contributed by atoms with Gasteiger partial charge < -0.3 is 18.9 Å². The Morgan fingerprint density at radius 1 is 1.24 bits per heavy atom. The number of ether oxygens (including phenoxy) is 4. The first-order valence-corrected chi connectivity index (χ1v) is 10.1. The third-order valence-electron chi connectivity index (χ3n) is 4.99. The van der Waals surface area contributed by atoms with Gasteiger partial charge >= 0.3 is 5.97 Å². The van der Waals surface area contributed by atoms with E-state index < -0.39 is 0 Å². The summed E-state index contributed by atoms with van der Waals surface area (Å²) in [7, 11) is 0. The zero-order valence-electron chi connectivity index (χ0n) is 17.0. The topological polar surface area (TPSA) is 71.1 Å². The summed E-state index contributed by atoms with van der Waals surface area (Å²) in [5.41, 5.74) is 1.42. The van der Waals surface area contributed by atoms with E-state index in [0.29, 0.717) is 37.4 Å². The number of ketones is 1. The molecule has 6 nitrogen and oxygen atoms in total. The molecule has 3 unspecified atom stereocenters. The normalized spacial score (nSPS) is 23.4. The third-order valence-corrected chi connectivity index (χ3v) is 4.99. The summed E-state index contributed by atoms with van der Waals surface area (Å²) in [5, 5.41) is 0. The molecule has 0 saturated heterocycles. The van der Waals surface area contributed by atoms with Gasteiger partial charge in [-0.25, -0.2) is 4.79 Å². The van der Waals surface area contributed by atoms with Crippen LogP contribution in [0.15, 0.2) is 48.4 Å². The molecular weight excluding hydrogens is 372 g/mol. The van der Waals surface area contributed by atoms with Crippen LogP contribution >= 0.6 is 0 Å². The molecule has 6 heteroatoms. The van der Waals surface area contributed by atoms with Crippen LogP contribution in [0, 0.1) is 5.92 Å². The molecule has 3 atom stereocenters. The fourth-order valence-corrected chi connectivity index (χ4v) is 3.48. The van der Waals surface area contributed by atoms with Crippen LogP contribution in [0.5, 0.6) is 5.75 Å². The van der Waals surface area contributed by atoms with E-state index in [2.05, 4.69) is 6.58 Å². The molecule has 156 valence electrons. The van der Waals surface area contributed by atoms with E-state index in [1.165, 1.54) is 6.26 Å². The van der Waals surface area contributed by atoms with Crippen LogP contribution in [0.25, 0.3) is 0 Å². The van der Waals surface area contributed by atoms with Crippen molar-refractivity contribution in [3.8, 4) is 5.75 Å². The number of fused-ring (bicyclic) bond motifs is 1. The molecule has 1 heterocycles. The first kappa shape index (κ1) is 21.1. The number of allylic oxidation sites excluding steroid dienone is 1. The van der Waals surface area contributed by atoms with Gasteiger partial charge in [-0.15, -0.1) is 0 Å². The molecule has 1 aliphatic heterocycles. The summed E-state index contributed by atoms with van der Waals surface area (Å²) in [5.74, 6) is 0.0169. The van der Waals surface area contributed by atoms with Gasteiger partial charge in [0.15, 0.2) is 0 Å². The van der Waals surface area contributed by atoms with Crippen LogP contribution in [-0.4, -0.2) is 37.2 Å². The van der Waals surface area contributed by atoms with Crippen molar-refractivity contribution in [3.63, 3.8) is 0 Å². The van der Waals surface area contributed by atoms with Crippen molar-refractivity contribution in [2.45, 2.75) is 51.7 Å². The Balaban J connectivity index is 1.58. The minimum Gasteiger partial charge on any atom is -0.493 e. The lowest BCUT2D eigenvalue weighted by molar-refractivity contribution is -0.133. The number of hydrogen-bond acceptors (Lipinski definition) is 6. The maximum Gasteiger partial charge on any atom is 0.338 e. The van der Waals surface area contributed by atoms with E-state index in [4.69, 9.17) is 18.9 Å². The molecule has 1 fully saturated rings. The summed E-state index contributed by atoms with van der Waals surface area (Å²) in [6.45, 7) is 8.63. The molecular formula is C23H28O6. The molecule has 3 rings (SSSR count). The zero-order valence-corrected chi connectivity index (χ0v) is 17.0. The Kier molecular flexibility index (Phi) is 7.09. The average molecular weight is 400 g/mol. The van der Waals surface area contributed by atoms with Gasteiger partial charge in [0, 0.05) is 6.42 Å². The molecule has 2 aliphatic rings. The van der Waals surface area contributed by atoms with E-state index in [1.54, 1.807) is 24.3 Å². The molecule has 1 aromatic rings. The highest BCUT2D eigenvalue weighted by Gasteiger charge is 2.41. The highest BCUT2D eigenvalue weighted by atomic mass is 16.5. The second kappa shape index (κ2) is 9.74. The van der Waals surface area contributed by atoms with Gasteiger partial charge in [0.2, 0.25) is 11.5 Å². The van der Waals surface area contributed by atoms with Crippen LogP contribution < -0.4 is 4.74 Å². The Labute approximate surface area is 171 Å². The van der Waals surface area contributed by atoms with Gasteiger partial charge in [-0.2, -0.15) is 0 Å². The molecule has 1 aromatic carbocycles. The lowest BCUT2D eigenvalue weighted by Crippen LogP contribution is -2.42. The SMILES string of the molecule is C=C(C)COC1CCC2C(=O)C(Oc3ccc(C(=O)OCCC)cc3)=COC2C1. The number of carbonyl (C=O) groups is 2. The molecule has 1 saturated carbocycles. The lowest BCUT2D eigenvalue weighted by Gasteiger charge is -2.37. The number of carbonyl (C=O) groups excluding carboxylic acids is 2. The fourth-order valence-electron chi connectivity index (χ4n) is 3.48. The first-order chi connectivity index (χ1) is 14.0.